The maximum Gasteiger partial charge on any atom is 0.0997 e. The molecule has 0 saturated heterocycles. The number of rotatable bonds is 1. The second kappa shape index (κ2) is 4.04. The quantitative estimate of drug-likeness (QED) is 0.723. The lowest BCUT2D eigenvalue weighted by atomic mass is 10.2. The minimum atomic E-state index is 0.202. The van der Waals surface area contributed by atoms with Crippen molar-refractivity contribution in [2.75, 3.05) is 0 Å². The molecule has 0 atom stereocenters. The predicted octanol–water partition coefficient (Wildman–Crippen LogP) is 3.49. The molecule has 0 fully saturated rings. The predicted molar refractivity (Wildman–Crippen MR) is 54.5 cm³/mol. The van der Waals surface area contributed by atoms with Gasteiger partial charge in [0.15, 0.2) is 0 Å². The summed E-state index contributed by atoms with van der Waals surface area (Å²) in [6.45, 7) is 0. The van der Waals surface area contributed by atoms with Gasteiger partial charge in [-0.3, -0.25) is 0 Å². The Balaban J connectivity index is 3.09. The molecule has 0 bridgehead atoms. The van der Waals surface area contributed by atoms with Gasteiger partial charge in [-0.15, -0.1) is 0 Å². The monoisotopic (exact) mass is 221 g/mol. The SMILES string of the molecule is N/C(Cl)=C/c1cc(Cl)cc(Cl)c1. The Morgan fingerprint density at radius 3 is 2.08 bits per heavy atom. The number of hydrogen-bond donors (Lipinski definition) is 1. The third kappa shape index (κ3) is 2.94. The Labute approximate surface area is 85.7 Å². The largest absolute Gasteiger partial charge is 0.389 e. The van der Waals surface area contributed by atoms with Gasteiger partial charge in [0.1, 0.15) is 0 Å². The lowest BCUT2D eigenvalue weighted by Crippen LogP contribution is -1.86. The van der Waals surface area contributed by atoms with Crippen LogP contribution in [0.4, 0.5) is 0 Å². The zero-order valence-electron chi connectivity index (χ0n) is 6.02. The molecule has 0 aliphatic carbocycles. The van der Waals surface area contributed by atoms with Gasteiger partial charge in [-0.05, 0) is 29.8 Å². The molecule has 12 heavy (non-hydrogen) atoms. The van der Waals surface area contributed by atoms with Crippen LogP contribution in [0.5, 0.6) is 0 Å². The number of hydrogen-bond acceptors (Lipinski definition) is 1. The highest BCUT2D eigenvalue weighted by Crippen LogP contribution is 2.20. The molecular weight excluding hydrogens is 216 g/mol. The average Bonchev–Trinajstić information content (AvgIpc) is 1.81. The molecular formula is C8H6Cl3N. The summed E-state index contributed by atoms with van der Waals surface area (Å²) in [6.07, 6.45) is 1.58. The van der Waals surface area contributed by atoms with E-state index >= 15 is 0 Å². The Morgan fingerprint density at radius 2 is 1.67 bits per heavy atom. The van der Waals surface area contributed by atoms with Crippen molar-refractivity contribution in [3.05, 3.63) is 39.0 Å². The van der Waals surface area contributed by atoms with Gasteiger partial charge in [0.2, 0.25) is 0 Å². The van der Waals surface area contributed by atoms with E-state index in [4.69, 9.17) is 40.5 Å². The molecule has 64 valence electrons. The van der Waals surface area contributed by atoms with Crippen LogP contribution in [0.3, 0.4) is 0 Å². The highest BCUT2D eigenvalue weighted by atomic mass is 35.5. The summed E-state index contributed by atoms with van der Waals surface area (Å²) in [5.41, 5.74) is 6.06. The summed E-state index contributed by atoms with van der Waals surface area (Å²) >= 11 is 16.9. The fraction of sp³-hybridized carbons (Fsp3) is 0. The number of halogens is 3. The molecule has 0 radical (unpaired) electrons. The maximum absolute atomic E-state index is 5.74. The van der Waals surface area contributed by atoms with Gasteiger partial charge >= 0.3 is 0 Å². The Kier molecular flexibility index (Phi) is 3.27. The topological polar surface area (TPSA) is 26.0 Å². The highest BCUT2D eigenvalue weighted by Gasteiger charge is 1.95. The first-order valence-electron chi connectivity index (χ1n) is 3.17. The first kappa shape index (κ1) is 9.72. The van der Waals surface area contributed by atoms with Crippen LogP contribution in [0.2, 0.25) is 10.0 Å². The van der Waals surface area contributed by atoms with E-state index in [2.05, 4.69) is 0 Å². The summed E-state index contributed by atoms with van der Waals surface area (Å²) in [6, 6.07) is 5.09. The van der Waals surface area contributed by atoms with Crippen LogP contribution < -0.4 is 5.73 Å². The minimum absolute atomic E-state index is 0.202. The molecule has 1 nitrogen and oxygen atoms in total. The van der Waals surface area contributed by atoms with Crippen molar-refractivity contribution >= 4 is 40.9 Å². The lowest BCUT2D eigenvalue weighted by molar-refractivity contribution is 1.55. The Hall–Kier alpha value is -0.370. The molecule has 0 heterocycles. The van der Waals surface area contributed by atoms with E-state index in [0.29, 0.717) is 10.0 Å². The molecule has 1 aromatic rings. The smallest absolute Gasteiger partial charge is 0.0997 e. The van der Waals surface area contributed by atoms with Crippen LogP contribution in [0, 0.1) is 0 Å². The first-order valence-corrected chi connectivity index (χ1v) is 4.30. The van der Waals surface area contributed by atoms with Gasteiger partial charge in [0, 0.05) is 10.0 Å². The second-order valence-corrected chi connectivity index (χ2v) is 3.54. The third-order valence-electron chi connectivity index (χ3n) is 1.19. The van der Waals surface area contributed by atoms with Crippen molar-refractivity contribution in [1.82, 2.24) is 0 Å². The van der Waals surface area contributed by atoms with E-state index in [1.165, 1.54) is 0 Å². The van der Waals surface area contributed by atoms with Crippen LogP contribution in [-0.2, 0) is 0 Å². The molecule has 4 heteroatoms. The second-order valence-electron chi connectivity index (χ2n) is 2.23. The van der Waals surface area contributed by atoms with E-state index in [1.54, 1.807) is 24.3 Å². The average molecular weight is 223 g/mol. The zero-order chi connectivity index (χ0) is 9.14. The summed E-state index contributed by atoms with van der Waals surface area (Å²) in [7, 11) is 0. The van der Waals surface area contributed by atoms with Gasteiger partial charge in [-0.2, -0.15) is 0 Å². The first-order chi connectivity index (χ1) is 5.58. The summed E-state index contributed by atoms with van der Waals surface area (Å²) < 4.78 is 0. The van der Waals surface area contributed by atoms with Crippen LogP contribution in [-0.4, -0.2) is 0 Å². The van der Waals surface area contributed by atoms with Crippen molar-refractivity contribution in [2.45, 2.75) is 0 Å². The molecule has 2 N–H and O–H groups in total. The molecule has 0 saturated carbocycles. The van der Waals surface area contributed by atoms with Gasteiger partial charge in [-0.25, -0.2) is 0 Å². The fourth-order valence-electron chi connectivity index (χ4n) is 0.818. The van der Waals surface area contributed by atoms with Gasteiger partial charge in [-0.1, -0.05) is 34.8 Å². The van der Waals surface area contributed by atoms with E-state index in [1.807, 2.05) is 0 Å². The van der Waals surface area contributed by atoms with Gasteiger partial charge in [0.25, 0.3) is 0 Å². The Morgan fingerprint density at radius 1 is 1.17 bits per heavy atom. The molecule has 1 aromatic carbocycles. The molecule has 1 rings (SSSR count). The molecule has 0 unspecified atom stereocenters. The lowest BCUT2D eigenvalue weighted by Gasteiger charge is -1.96. The summed E-state index contributed by atoms with van der Waals surface area (Å²) in [4.78, 5) is 0. The van der Waals surface area contributed by atoms with Crippen LogP contribution in [0.15, 0.2) is 23.4 Å². The van der Waals surface area contributed by atoms with Crippen LogP contribution >= 0.6 is 34.8 Å². The molecule has 0 aliphatic rings. The van der Waals surface area contributed by atoms with Gasteiger partial charge < -0.3 is 5.73 Å². The normalized spacial score (nSPS) is 11.8. The maximum atomic E-state index is 5.74. The van der Waals surface area contributed by atoms with Crippen molar-refractivity contribution in [2.24, 2.45) is 5.73 Å². The fourth-order valence-corrected chi connectivity index (χ4v) is 1.49. The zero-order valence-corrected chi connectivity index (χ0v) is 8.29. The highest BCUT2D eigenvalue weighted by molar-refractivity contribution is 6.35. The standard InChI is InChI=1S/C8H6Cl3N/c9-6-1-5(3-8(11)12)2-7(10)4-6/h1-4H,12H2/b8-3+. The third-order valence-corrected chi connectivity index (χ3v) is 1.73. The van der Waals surface area contributed by atoms with E-state index in [-0.39, 0.29) is 5.16 Å². The van der Waals surface area contributed by atoms with Gasteiger partial charge in [0.05, 0.1) is 5.16 Å². The minimum Gasteiger partial charge on any atom is -0.389 e. The molecule has 0 amide bonds. The number of benzene rings is 1. The van der Waals surface area contributed by atoms with Crippen molar-refractivity contribution in [3.8, 4) is 0 Å². The van der Waals surface area contributed by atoms with Crippen molar-refractivity contribution in [3.63, 3.8) is 0 Å². The Bertz CT molecular complexity index is 296. The summed E-state index contributed by atoms with van der Waals surface area (Å²) in [5, 5.41) is 1.33. The number of nitrogens with two attached hydrogens (primary N) is 1. The van der Waals surface area contributed by atoms with Crippen molar-refractivity contribution < 1.29 is 0 Å². The molecule has 0 aromatic heterocycles. The summed E-state index contributed by atoms with van der Waals surface area (Å²) in [5.74, 6) is 0. The van der Waals surface area contributed by atoms with Crippen LogP contribution in [0.25, 0.3) is 6.08 Å². The molecule has 0 aliphatic heterocycles. The van der Waals surface area contributed by atoms with E-state index in [9.17, 15) is 0 Å². The van der Waals surface area contributed by atoms with E-state index in [0.717, 1.165) is 5.56 Å². The van der Waals surface area contributed by atoms with Crippen LogP contribution in [0.1, 0.15) is 5.56 Å². The van der Waals surface area contributed by atoms with Crippen molar-refractivity contribution in [1.29, 1.82) is 0 Å². The van der Waals surface area contributed by atoms with E-state index < -0.39 is 0 Å². The molecule has 0 spiro atoms.